The molecular weight excluding hydrogens is 561 g/mol. The van der Waals surface area contributed by atoms with E-state index in [0.29, 0.717) is 17.1 Å². The van der Waals surface area contributed by atoms with E-state index >= 15 is 0 Å². The highest BCUT2D eigenvalue weighted by Gasteiger charge is 2.51. The molecule has 0 bridgehead atoms. The second-order valence-electron chi connectivity index (χ2n) is 8.18. The van der Waals surface area contributed by atoms with E-state index in [2.05, 4.69) is 50.1 Å². The SMILES string of the molecule is Cc1cc(Br)c2c(c1)CCc1cc(Br)cnc1C2C1CCN(S(=O)(=O)C(F)(F)F)CC1. The van der Waals surface area contributed by atoms with Crippen LogP contribution in [0, 0.1) is 12.8 Å². The summed E-state index contributed by atoms with van der Waals surface area (Å²) in [4.78, 5) is 4.73. The topological polar surface area (TPSA) is 50.3 Å². The van der Waals surface area contributed by atoms with Crippen LogP contribution in [0.1, 0.15) is 46.7 Å². The molecule has 1 unspecified atom stereocenters. The molecule has 0 N–H and O–H groups in total. The number of hydrogen-bond donors (Lipinski definition) is 0. The highest BCUT2D eigenvalue weighted by atomic mass is 79.9. The number of pyridine rings is 1. The molecule has 2 aliphatic rings. The number of aromatic nitrogens is 1. The van der Waals surface area contributed by atoms with Gasteiger partial charge >= 0.3 is 15.5 Å². The number of sulfonamides is 1. The molecule has 2 heterocycles. The third kappa shape index (κ3) is 4.32. The van der Waals surface area contributed by atoms with Crippen LogP contribution in [0.25, 0.3) is 0 Å². The third-order valence-electron chi connectivity index (χ3n) is 6.20. The Bertz CT molecular complexity index is 1110. The van der Waals surface area contributed by atoms with E-state index in [1.165, 1.54) is 5.56 Å². The first kappa shape index (κ1) is 23.2. The summed E-state index contributed by atoms with van der Waals surface area (Å²) in [6.07, 6.45) is 4.11. The van der Waals surface area contributed by atoms with Gasteiger partial charge in [-0.05, 0) is 88.8 Å². The van der Waals surface area contributed by atoms with E-state index in [9.17, 15) is 21.6 Å². The molecule has 1 fully saturated rings. The first-order valence-corrected chi connectivity index (χ1v) is 13.0. The summed E-state index contributed by atoms with van der Waals surface area (Å²) in [6.45, 7) is 1.74. The van der Waals surface area contributed by atoms with E-state index in [4.69, 9.17) is 4.98 Å². The summed E-state index contributed by atoms with van der Waals surface area (Å²) >= 11 is 7.21. The van der Waals surface area contributed by atoms with Crippen LogP contribution < -0.4 is 0 Å². The van der Waals surface area contributed by atoms with Gasteiger partial charge in [0.2, 0.25) is 0 Å². The predicted octanol–water partition coefficient (Wildman–Crippen LogP) is 5.71. The zero-order valence-electron chi connectivity index (χ0n) is 16.7. The number of hydrogen-bond acceptors (Lipinski definition) is 3. The van der Waals surface area contributed by atoms with Crippen molar-refractivity contribution >= 4 is 41.9 Å². The summed E-state index contributed by atoms with van der Waals surface area (Å²) in [5, 5.41) is 0. The Kier molecular flexibility index (Phi) is 6.30. The fraction of sp³-hybridized carbons (Fsp3) is 0.476. The van der Waals surface area contributed by atoms with Crippen LogP contribution in [0.3, 0.4) is 0 Å². The summed E-state index contributed by atoms with van der Waals surface area (Å²) in [5.74, 6) is -0.116. The van der Waals surface area contributed by atoms with Gasteiger partial charge in [0.15, 0.2) is 0 Å². The third-order valence-corrected chi connectivity index (χ3v) is 8.92. The molecular formula is C21H21Br2F3N2O2S. The van der Waals surface area contributed by atoms with Crippen LogP contribution in [0.15, 0.2) is 33.3 Å². The average Bonchev–Trinajstić information content (AvgIpc) is 2.84. The Morgan fingerprint density at radius 2 is 1.71 bits per heavy atom. The van der Waals surface area contributed by atoms with Crippen molar-refractivity contribution in [2.45, 2.75) is 44.0 Å². The summed E-state index contributed by atoms with van der Waals surface area (Å²) in [5.41, 5.74) is 0.243. The molecule has 1 aromatic heterocycles. The Morgan fingerprint density at radius 1 is 1.06 bits per heavy atom. The van der Waals surface area contributed by atoms with Gasteiger partial charge in [0.25, 0.3) is 0 Å². The number of aryl methyl sites for hydroxylation is 3. The fourth-order valence-electron chi connectivity index (χ4n) is 4.81. The van der Waals surface area contributed by atoms with Crippen molar-refractivity contribution in [1.29, 1.82) is 0 Å². The lowest BCUT2D eigenvalue weighted by Gasteiger charge is -2.36. The lowest BCUT2D eigenvalue weighted by atomic mass is 9.76. The van der Waals surface area contributed by atoms with Crippen molar-refractivity contribution in [3.8, 4) is 0 Å². The van der Waals surface area contributed by atoms with Gasteiger partial charge in [0.1, 0.15) is 0 Å². The number of fused-ring (bicyclic) bond motifs is 2. The van der Waals surface area contributed by atoms with Crippen molar-refractivity contribution in [3.05, 3.63) is 61.3 Å². The summed E-state index contributed by atoms with van der Waals surface area (Å²) < 4.78 is 65.1. The standard InChI is InChI=1S/C21H21Br2F3N2O2S/c1-12-8-14-2-3-15-10-16(22)11-27-20(15)19(18(14)17(23)9-12)13-4-6-28(7-5-13)31(29,30)21(24,25)26/h8-11,13,19H,2-7H2,1H3. The van der Waals surface area contributed by atoms with E-state index < -0.39 is 15.5 Å². The van der Waals surface area contributed by atoms with Gasteiger partial charge in [0, 0.05) is 34.1 Å². The van der Waals surface area contributed by atoms with Crippen molar-refractivity contribution in [2.24, 2.45) is 5.92 Å². The minimum absolute atomic E-state index is 0.0111. The van der Waals surface area contributed by atoms with Crippen LogP contribution >= 0.6 is 31.9 Å². The highest BCUT2D eigenvalue weighted by molar-refractivity contribution is 9.10. The number of alkyl halides is 3. The predicted molar refractivity (Wildman–Crippen MR) is 119 cm³/mol. The Hall–Kier alpha value is -0.970. The van der Waals surface area contributed by atoms with E-state index in [1.54, 1.807) is 6.20 Å². The quantitative estimate of drug-likeness (QED) is 0.457. The largest absolute Gasteiger partial charge is 0.511 e. The fourth-order valence-corrected chi connectivity index (χ4v) is 7.04. The molecule has 1 aliphatic carbocycles. The highest BCUT2D eigenvalue weighted by Crippen LogP contribution is 2.46. The molecule has 1 atom stereocenters. The maximum atomic E-state index is 13.0. The molecule has 1 aliphatic heterocycles. The maximum Gasteiger partial charge on any atom is 0.511 e. The summed E-state index contributed by atoms with van der Waals surface area (Å²) in [7, 11) is -5.30. The Labute approximate surface area is 196 Å². The van der Waals surface area contributed by atoms with Gasteiger partial charge in [-0.15, -0.1) is 0 Å². The molecule has 0 radical (unpaired) electrons. The molecule has 31 heavy (non-hydrogen) atoms. The van der Waals surface area contributed by atoms with Gasteiger partial charge in [-0.1, -0.05) is 22.0 Å². The van der Waals surface area contributed by atoms with Gasteiger partial charge in [-0.3, -0.25) is 4.98 Å². The van der Waals surface area contributed by atoms with Crippen LogP contribution in [0.2, 0.25) is 0 Å². The van der Waals surface area contributed by atoms with Crippen LogP contribution in [0.5, 0.6) is 0 Å². The molecule has 0 spiro atoms. The number of rotatable bonds is 2. The lowest BCUT2D eigenvalue weighted by molar-refractivity contribution is -0.0497. The minimum atomic E-state index is -5.30. The van der Waals surface area contributed by atoms with Gasteiger partial charge < -0.3 is 0 Å². The molecule has 168 valence electrons. The average molecular weight is 582 g/mol. The van der Waals surface area contributed by atoms with Crippen LogP contribution in [-0.4, -0.2) is 36.3 Å². The zero-order chi connectivity index (χ0) is 22.6. The van der Waals surface area contributed by atoms with E-state index in [0.717, 1.165) is 44.2 Å². The van der Waals surface area contributed by atoms with Gasteiger partial charge in [-0.25, -0.2) is 8.42 Å². The molecule has 10 heteroatoms. The second-order valence-corrected chi connectivity index (χ2v) is 11.9. The number of benzene rings is 1. The first-order valence-electron chi connectivity index (χ1n) is 9.98. The van der Waals surface area contributed by atoms with Crippen molar-refractivity contribution in [2.75, 3.05) is 13.1 Å². The Balaban J connectivity index is 1.73. The first-order chi connectivity index (χ1) is 14.5. The van der Waals surface area contributed by atoms with E-state index in [-0.39, 0.29) is 24.9 Å². The Morgan fingerprint density at radius 3 is 2.35 bits per heavy atom. The second kappa shape index (κ2) is 8.43. The number of halogens is 5. The molecule has 4 rings (SSSR count). The van der Waals surface area contributed by atoms with E-state index in [1.807, 2.05) is 6.92 Å². The molecule has 0 amide bonds. The lowest BCUT2D eigenvalue weighted by Crippen LogP contribution is -2.45. The van der Waals surface area contributed by atoms with Gasteiger partial charge in [-0.2, -0.15) is 17.5 Å². The molecule has 1 saturated heterocycles. The zero-order valence-corrected chi connectivity index (χ0v) is 20.7. The van der Waals surface area contributed by atoms with Crippen LogP contribution in [-0.2, 0) is 22.9 Å². The smallest absolute Gasteiger partial charge is 0.259 e. The summed E-state index contributed by atoms with van der Waals surface area (Å²) in [6, 6.07) is 6.28. The van der Waals surface area contributed by atoms with Crippen molar-refractivity contribution in [3.63, 3.8) is 0 Å². The maximum absolute atomic E-state index is 13.0. The normalized spacial score (nSPS) is 20.8. The van der Waals surface area contributed by atoms with Gasteiger partial charge in [0.05, 0.1) is 5.69 Å². The molecule has 2 aromatic rings. The van der Waals surface area contributed by atoms with Crippen LogP contribution in [0.4, 0.5) is 13.2 Å². The molecule has 1 aromatic carbocycles. The van der Waals surface area contributed by atoms with Crippen molar-refractivity contribution in [1.82, 2.24) is 9.29 Å². The molecule has 0 saturated carbocycles. The molecule has 4 nitrogen and oxygen atoms in total. The number of piperidine rings is 1. The number of nitrogens with zero attached hydrogens (tertiary/aromatic N) is 2. The monoisotopic (exact) mass is 580 g/mol. The van der Waals surface area contributed by atoms with Crippen molar-refractivity contribution < 1.29 is 21.6 Å². The minimum Gasteiger partial charge on any atom is -0.259 e.